The molecule has 1 rings (SSSR count). The first-order valence-corrected chi connectivity index (χ1v) is 8.93. The molecule has 0 aromatic rings. The summed E-state index contributed by atoms with van der Waals surface area (Å²) in [5.74, 6) is 0.270. The highest BCUT2D eigenvalue weighted by atomic mass is 32.2. The number of nitrogens with two attached hydrogens (primary N) is 1. The summed E-state index contributed by atoms with van der Waals surface area (Å²) in [6.07, 6.45) is 4.80. The van der Waals surface area contributed by atoms with Gasteiger partial charge >= 0.3 is 0 Å². The van der Waals surface area contributed by atoms with E-state index in [1.165, 1.54) is 12.8 Å². The van der Waals surface area contributed by atoms with E-state index in [1.807, 2.05) is 13.8 Å². The summed E-state index contributed by atoms with van der Waals surface area (Å²) in [5, 5.41) is 5.14. The Hall–Kier alpha value is -0.130. The third kappa shape index (κ3) is 6.72. The van der Waals surface area contributed by atoms with Crippen LogP contribution < -0.4 is 5.14 Å². The Bertz CT molecular complexity index is 366. The average Bonchev–Trinajstić information content (AvgIpc) is 2.24. The van der Waals surface area contributed by atoms with Crippen molar-refractivity contribution in [2.24, 2.45) is 22.4 Å². The van der Waals surface area contributed by atoms with Crippen molar-refractivity contribution in [3.63, 3.8) is 0 Å². The zero-order valence-corrected chi connectivity index (χ0v) is 13.5. The van der Waals surface area contributed by atoms with Crippen molar-refractivity contribution >= 4 is 10.0 Å². The minimum Gasteiger partial charge on any atom is -0.378 e. The van der Waals surface area contributed by atoms with E-state index in [9.17, 15) is 8.42 Å². The molecule has 0 bridgehead atoms. The highest BCUT2D eigenvalue weighted by molar-refractivity contribution is 7.89. The molecule has 1 unspecified atom stereocenters. The Morgan fingerprint density at radius 3 is 2.21 bits per heavy atom. The molecule has 0 amide bonds. The van der Waals surface area contributed by atoms with Gasteiger partial charge in [-0.1, -0.05) is 27.7 Å². The van der Waals surface area contributed by atoms with Crippen molar-refractivity contribution in [1.82, 2.24) is 0 Å². The van der Waals surface area contributed by atoms with Crippen LogP contribution in [-0.4, -0.2) is 26.9 Å². The van der Waals surface area contributed by atoms with E-state index in [0.717, 1.165) is 12.8 Å². The van der Waals surface area contributed by atoms with Crippen LogP contribution in [0.15, 0.2) is 0 Å². The molecule has 0 aliphatic heterocycles. The van der Waals surface area contributed by atoms with Crippen molar-refractivity contribution in [3.05, 3.63) is 0 Å². The maximum absolute atomic E-state index is 11.2. The van der Waals surface area contributed by atoms with Gasteiger partial charge in [-0.2, -0.15) is 0 Å². The molecule has 1 aliphatic rings. The monoisotopic (exact) mass is 291 g/mol. The van der Waals surface area contributed by atoms with E-state index in [2.05, 4.69) is 13.8 Å². The topological polar surface area (TPSA) is 69.4 Å². The Morgan fingerprint density at radius 2 is 1.79 bits per heavy atom. The van der Waals surface area contributed by atoms with Gasteiger partial charge in [-0.3, -0.25) is 0 Å². The molecule has 0 aromatic carbocycles. The highest BCUT2D eigenvalue weighted by Gasteiger charge is 2.28. The lowest BCUT2D eigenvalue weighted by molar-refractivity contribution is -0.0153. The first-order valence-electron chi connectivity index (χ1n) is 7.21. The molecule has 0 spiro atoms. The molecule has 4 nitrogen and oxygen atoms in total. The quantitative estimate of drug-likeness (QED) is 0.817. The molecule has 1 atom stereocenters. The zero-order chi connectivity index (χ0) is 14.7. The smallest absolute Gasteiger partial charge is 0.209 e. The first-order chi connectivity index (χ1) is 8.59. The van der Waals surface area contributed by atoms with Gasteiger partial charge in [-0.15, -0.1) is 0 Å². The standard InChI is InChI=1S/C14H29NO3S/c1-11(2)12(10-19(15,16)17)9-18-13-5-7-14(3,4)8-6-13/h11-13H,5-10H2,1-4H3,(H2,15,16,17). The first kappa shape index (κ1) is 16.9. The second kappa shape index (κ2) is 6.55. The van der Waals surface area contributed by atoms with Crippen LogP contribution in [0.2, 0.25) is 0 Å². The van der Waals surface area contributed by atoms with Gasteiger partial charge in [-0.05, 0) is 42.9 Å². The molecule has 19 heavy (non-hydrogen) atoms. The van der Waals surface area contributed by atoms with E-state index in [-0.39, 0.29) is 23.7 Å². The minimum absolute atomic E-state index is 0.00932. The fraction of sp³-hybridized carbons (Fsp3) is 1.00. The highest BCUT2D eigenvalue weighted by Crippen LogP contribution is 2.36. The van der Waals surface area contributed by atoms with Crippen LogP contribution in [-0.2, 0) is 14.8 Å². The number of ether oxygens (including phenoxy) is 1. The average molecular weight is 291 g/mol. The van der Waals surface area contributed by atoms with Crippen molar-refractivity contribution < 1.29 is 13.2 Å². The number of sulfonamides is 1. The number of rotatable bonds is 6. The summed E-state index contributed by atoms with van der Waals surface area (Å²) < 4.78 is 28.3. The molecule has 1 fully saturated rings. The van der Waals surface area contributed by atoms with Crippen LogP contribution in [0.3, 0.4) is 0 Å². The molecule has 0 heterocycles. The van der Waals surface area contributed by atoms with E-state index in [1.54, 1.807) is 0 Å². The summed E-state index contributed by atoms with van der Waals surface area (Å²) >= 11 is 0. The maximum Gasteiger partial charge on any atom is 0.209 e. The molecule has 1 saturated carbocycles. The van der Waals surface area contributed by atoms with Gasteiger partial charge in [-0.25, -0.2) is 13.6 Å². The molecule has 114 valence electrons. The van der Waals surface area contributed by atoms with Crippen LogP contribution in [0.1, 0.15) is 53.4 Å². The number of hydrogen-bond acceptors (Lipinski definition) is 3. The van der Waals surface area contributed by atoms with Gasteiger partial charge in [0.25, 0.3) is 0 Å². The number of primary sulfonamides is 1. The Labute approximate surface area is 118 Å². The molecule has 1 aliphatic carbocycles. The molecular formula is C14H29NO3S. The van der Waals surface area contributed by atoms with Crippen LogP contribution in [0.4, 0.5) is 0 Å². The lowest BCUT2D eigenvalue weighted by Gasteiger charge is -2.35. The van der Waals surface area contributed by atoms with Crippen molar-refractivity contribution in [2.75, 3.05) is 12.4 Å². The third-order valence-corrected chi connectivity index (χ3v) is 5.11. The zero-order valence-electron chi connectivity index (χ0n) is 12.7. The van der Waals surface area contributed by atoms with Crippen LogP contribution >= 0.6 is 0 Å². The van der Waals surface area contributed by atoms with E-state index in [0.29, 0.717) is 12.0 Å². The van der Waals surface area contributed by atoms with E-state index >= 15 is 0 Å². The second-order valence-corrected chi connectivity index (χ2v) is 8.69. The summed E-state index contributed by atoms with van der Waals surface area (Å²) in [7, 11) is -3.42. The van der Waals surface area contributed by atoms with Gasteiger partial charge < -0.3 is 4.74 Å². The SMILES string of the molecule is CC(C)C(COC1CCC(C)(C)CC1)CS(N)(=O)=O. The molecule has 5 heteroatoms. The Morgan fingerprint density at radius 1 is 1.26 bits per heavy atom. The maximum atomic E-state index is 11.2. The van der Waals surface area contributed by atoms with Crippen molar-refractivity contribution in [3.8, 4) is 0 Å². The molecule has 0 radical (unpaired) electrons. The summed E-state index contributed by atoms with van der Waals surface area (Å²) in [6, 6.07) is 0. The summed E-state index contributed by atoms with van der Waals surface area (Å²) in [5.41, 5.74) is 0.428. The van der Waals surface area contributed by atoms with Crippen molar-refractivity contribution in [1.29, 1.82) is 0 Å². The van der Waals surface area contributed by atoms with Gasteiger partial charge in [0.15, 0.2) is 0 Å². The van der Waals surface area contributed by atoms with Crippen LogP contribution in [0, 0.1) is 17.3 Å². The second-order valence-electron chi connectivity index (χ2n) is 7.03. The van der Waals surface area contributed by atoms with Gasteiger partial charge in [0.2, 0.25) is 10.0 Å². The van der Waals surface area contributed by atoms with Gasteiger partial charge in [0, 0.05) is 0 Å². The number of hydrogen-bond donors (Lipinski definition) is 1. The van der Waals surface area contributed by atoms with Crippen LogP contribution in [0.5, 0.6) is 0 Å². The molecular weight excluding hydrogens is 262 g/mol. The van der Waals surface area contributed by atoms with Crippen molar-refractivity contribution in [2.45, 2.75) is 59.5 Å². The minimum atomic E-state index is -3.42. The lowest BCUT2D eigenvalue weighted by atomic mass is 9.76. The largest absolute Gasteiger partial charge is 0.378 e. The van der Waals surface area contributed by atoms with Crippen LogP contribution in [0.25, 0.3) is 0 Å². The molecule has 0 saturated heterocycles. The molecule has 2 N–H and O–H groups in total. The fourth-order valence-electron chi connectivity index (χ4n) is 2.53. The predicted octanol–water partition coefficient (Wildman–Crippen LogP) is 2.53. The summed E-state index contributed by atoms with van der Waals surface area (Å²) in [4.78, 5) is 0. The third-order valence-electron chi connectivity index (χ3n) is 4.22. The van der Waals surface area contributed by atoms with E-state index in [4.69, 9.17) is 9.88 Å². The van der Waals surface area contributed by atoms with Gasteiger partial charge in [0.1, 0.15) is 0 Å². The fourth-order valence-corrected chi connectivity index (χ4v) is 3.61. The Balaban J connectivity index is 2.41. The normalized spacial score (nSPS) is 22.6. The molecule has 0 aromatic heterocycles. The summed E-state index contributed by atoms with van der Waals surface area (Å²) in [6.45, 7) is 9.12. The lowest BCUT2D eigenvalue weighted by Crippen LogP contribution is -2.32. The predicted molar refractivity (Wildman–Crippen MR) is 78.3 cm³/mol. The van der Waals surface area contributed by atoms with Gasteiger partial charge in [0.05, 0.1) is 18.5 Å². The Kier molecular flexibility index (Phi) is 5.83. The van der Waals surface area contributed by atoms with E-state index < -0.39 is 10.0 Å².